The Kier molecular flexibility index (Phi) is 6.85. The summed E-state index contributed by atoms with van der Waals surface area (Å²) in [5.41, 5.74) is -0.0809. The molecule has 2 amide bonds. The minimum atomic E-state index is -0.329. The zero-order chi connectivity index (χ0) is 20.1. The van der Waals surface area contributed by atoms with Crippen LogP contribution < -0.4 is 10.9 Å². The predicted octanol–water partition coefficient (Wildman–Crippen LogP) is 0.453. The summed E-state index contributed by atoms with van der Waals surface area (Å²) < 4.78 is 5.61. The summed E-state index contributed by atoms with van der Waals surface area (Å²) in [5.74, 6) is -0.197. The molecule has 2 aliphatic rings. The summed E-state index contributed by atoms with van der Waals surface area (Å²) in [6.07, 6.45) is 2.76. The number of carbonyl (C=O) groups is 2. The largest absolute Gasteiger partial charge is 0.379 e. The Labute approximate surface area is 165 Å². The number of carbonyl (C=O) groups excluding carboxylic acids is 2. The smallest absolute Gasteiger partial charge is 0.268 e. The number of methoxy groups -OCH3 is 1. The molecule has 1 aromatic rings. The van der Waals surface area contributed by atoms with Crippen LogP contribution in [0.5, 0.6) is 0 Å². The summed E-state index contributed by atoms with van der Waals surface area (Å²) in [6, 6.07) is 4.31. The number of pyridine rings is 1. The van der Waals surface area contributed by atoms with Crippen molar-refractivity contribution in [2.75, 3.05) is 40.3 Å². The number of aromatic nitrogens is 1. The molecule has 1 aliphatic heterocycles. The van der Waals surface area contributed by atoms with Crippen LogP contribution in [0.3, 0.4) is 0 Å². The third-order valence-corrected chi connectivity index (χ3v) is 5.80. The number of amides is 2. The number of likely N-dealkylation sites (N-methyl/N-ethyl adjacent to an activating group) is 1. The van der Waals surface area contributed by atoms with Crippen LogP contribution in [0.1, 0.15) is 36.2 Å². The van der Waals surface area contributed by atoms with E-state index in [0.29, 0.717) is 12.8 Å². The van der Waals surface area contributed by atoms with Gasteiger partial charge in [-0.05, 0) is 45.3 Å². The Bertz CT molecular complexity index is 750. The number of aromatic amines is 1. The lowest BCUT2D eigenvalue weighted by Gasteiger charge is -2.37. The fraction of sp³-hybridized carbons (Fsp3) is 0.650. The minimum Gasteiger partial charge on any atom is -0.379 e. The number of rotatable bonds is 4. The van der Waals surface area contributed by atoms with Gasteiger partial charge in [0, 0.05) is 38.7 Å². The molecule has 3 rings (SSSR count). The van der Waals surface area contributed by atoms with Gasteiger partial charge in [-0.2, -0.15) is 0 Å². The van der Waals surface area contributed by atoms with Gasteiger partial charge in [0.1, 0.15) is 5.69 Å². The summed E-state index contributed by atoms with van der Waals surface area (Å²) in [7, 11) is 3.70. The van der Waals surface area contributed by atoms with E-state index in [1.54, 1.807) is 19.2 Å². The number of H-pyrrole nitrogens is 1. The lowest BCUT2D eigenvalue weighted by Crippen LogP contribution is -2.50. The molecule has 0 bridgehead atoms. The number of nitrogens with one attached hydrogen (secondary N) is 2. The van der Waals surface area contributed by atoms with Gasteiger partial charge in [0.25, 0.3) is 5.91 Å². The van der Waals surface area contributed by atoms with E-state index in [4.69, 9.17) is 4.74 Å². The molecule has 0 unspecified atom stereocenters. The highest BCUT2D eigenvalue weighted by Gasteiger charge is 2.36. The van der Waals surface area contributed by atoms with Crippen molar-refractivity contribution in [1.29, 1.82) is 0 Å². The second-order valence-corrected chi connectivity index (χ2v) is 7.77. The van der Waals surface area contributed by atoms with Crippen molar-refractivity contribution in [2.45, 2.75) is 37.8 Å². The molecule has 154 valence electrons. The van der Waals surface area contributed by atoms with Gasteiger partial charge in [0.05, 0.1) is 12.1 Å². The molecule has 8 nitrogen and oxygen atoms in total. The van der Waals surface area contributed by atoms with Crippen LogP contribution in [0, 0.1) is 5.92 Å². The minimum absolute atomic E-state index is 0.0713. The van der Waals surface area contributed by atoms with Gasteiger partial charge in [-0.3, -0.25) is 14.4 Å². The predicted molar refractivity (Wildman–Crippen MR) is 105 cm³/mol. The van der Waals surface area contributed by atoms with Crippen molar-refractivity contribution in [2.24, 2.45) is 5.92 Å². The average Bonchev–Trinajstić information content (AvgIpc) is 2.92. The highest BCUT2D eigenvalue weighted by atomic mass is 16.5. The van der Waals surface area contributed by atoms with Gasteiger partial charge in [0.2, 0.25) is 11.5 Å². The first-order valence-corrected chi connectivity index (χ1v) is 9.98. The topological polar surface area (TPSA) is 94.7 Å². The Hall–Kier alpha value is -2.19. The molecule has 2 heterocycles. The van der Waals surface area contributed by atoms with Crippen LogP contribution in [0.2, 0.25) is 0 Å². The molecule has 8 heteroatoms. The maximum absolute atomic E-state index is 13.0. The lowest BCUT2D eigenvalue weighted by atomic mass is 9.82. The molecule has 1 saturated heterocycles. The van der Waals surface area contributed by atoms with Gasteiger partial charge in [-0.1, -0.05) is 6.07 Å². The van der Waals surface area contributed by atoms with Crippen LogP contribution >= 0.6 is 0 Å². The second kappa shape index (κ2) is 9.34. The van der Waals surface area contributed by atoms with Crippen LogP contribution in [-0.2, 0) is 9.53 Å². The zero-order valence-corrected chi connectivity index (χ0v) is 16.6. The molecule has 28 heavy (non-hydrogen) atoms. The maximum Gasteiger partial charge on any atom is 0.268 e. The van der Waals surface area contributed by atoms with Gasteiger partial charge in [-0.25, -0.2) is 0 Å². The first-order chi connectivity index (χ1) is 13.5. The first-order valence-electron chi connectivity index (χ1n) is 9.98. The van der Waals surface area contributed by atoms with E-state index >= 15 is 0 Å². The van der Waals surface area contributed by atoms with E-state index in [9.17, 15) is 14.4 Å². The van der Waals surface area contributed by atoms with E-state index in [1.165, 1.54) is 6.07 Å². The summed E-state index contributed by atoms with van der Waals surface area (Å²) in [6.45, 7) is 3.49. The van der Waals surface area contributed by atoms with E-state index in [0.717, 1.165) is 39.0 Å². The molecule has 0 spiro atoms. The summed E-state index contributed by atoms with van der Waals surface area (Å²) in [4.78, 5) is 43.6. The van der Waals surface area contributed by atoms with Crippen LogP contribution in [-0.4, -0.2) is 79.1 Å². The molecule has 1 saturated carbocycles. The highest BCUT2D eigenvalue weighted by molar-refractivity contribution is 5.92. The fourth-order valence-electron chi connectivity index (χ4n) is 4.13. The van der Waals surface area contributed by atoms with E-state index < -0.39 is 0 Å². The summed E-state index contributed by atoms with van der Waals surface area (Å²) >= 11 is 0. The standard InChI is InChI=1S/C20H30N4O4/c1-23-9-4-10-24(12-11-23)20(27)14-7-8-15(17(13-14)28-2)22-19(26)16-5-3-6-18(25)21-16/h3,5-6,14-15,17H,4,7-13H2,1-2H3,(H,21,25)(H,22,26)/t14-,15-,17-/m0/s1. The van der Waals surface area contributed by atoms with Gasteiger partial charge < -0.3 is 24.8 Å². The molecule has 3 atom stereocenters. The summed E-state index contributed by atoms with van der Waals surface area (Å²) in [5, 5.41) is 2.95. The molecule has 2 N–H and O–H groups in total. The molecule has 2 fully saturated rings. The molecule has 1 aliphatic carbocycles. The lowest BCUT2D eigenvalue weighted by molar-refractivity contribution is -0.138. The van der Waals surface area contributed by atoms with Gasteiger partial charge in [-0.15, -0.1) is 0 Å². The van der Waals surface area contributed by atoms with Crippen LogP contribution in [0.25, 0.3) is 0 Å². The Balaban J connectivity index is 1.59. The molecular formula is C20H30N4O4. The molecular weight excluding hydrogens is 360 g/mol. The van der Waals surface area contributed by atoms with Crippen molar-refractivity contribution in [3.63, 3.8) is 0 Å². The monoisotopic (exact) mass is 390 g/mol. The van der Waals surface area contributed by atoms with E-state index in [1.807, 2.05) is 4.90 Å². The van der Waals surface area contributed by atoms with Gasteiger partial charge >= 0.3 is 0 Å². The Morgan fingerprint density at radius 1 is 1.18 bits per heavy atom. The van der Waals surface area contributed by atoms with Crippen molar-refractivity contribution in [1.82, 2.24) is 20.1 Å². The number of hydrogen-bond donors (Lipinski definition) is 2. The normalized spacial score (nSPS) is 26.5. The zero-order valence-electron chi connectivity index (χ0n) is 16.6. The Morgan fingerprint density at radius 2 is 2.00 bits per heavy atom. The number of hydrogen-bond acceptors (Lipinski definition) is 5. The third-order valence-electron chi connectivity index (χ3n) is 5.80. The van der Waals surface area contributed by atoms with Crippen LogP contribution in [0.4, 0.5) is 0 Å². The number of ether oxygens (including phenoxy) is 1. The van der Waals surface area contributed by atoms with Gasteiger partial charge in [0.15, 0.2) is 0 Å². The highest BCUT2D eigenvalue weighted by Crippen LogP contribution is 2.28. The van der Waals surface area contributed by atoms with E-state index in [-0.39, 0.29) is 41.1 Å². The fourth-order valence-corrected chi connectivity index (χ4v) is 4.13. The third kappa shape index (κ3) is 4.99. The van der Waals surface area contributed by atoms with Crippen LogP contribution in [0.15, 0.2) is 23.0 Å². The van der Waals surface area contributed by atoms with E-state index in [2.05, 4.69) is 22.2 Å². The molecule has 1 aromatic heterocycles. The SMILES string of the molecule is CO[C@H]1C[C@@H](C(=O)N2CCCN(C)CC2)CC[C@@H]1NC(=O)c1cccc(=O)[nH]1. The molecule has 0 aromatic carbocycles. The van der Waals surface area contributed by atoms with Crippen molar-refractivity contribution >= 4 is 11.8 Å². The number of nitrogens with zero attached hydrogens (tertiary/aromatic N) is 2. The Morgan fingerprint density at radius 3 is 2.75 bits per heavy atom. The van der Waals surface area contributed by atoms with Crippen molar-refractivity contribution < 1.29 is 14.3 Å². The first kappa shape index (κ1) is 20.5. The van der Waals surface area contributed by atoms with Crippen molar-refractivity contribution in [3.8, 4) is 0 Å². The second-order valence-electron chi connectivity index (χ2n) is 7.77. The maximum atomic E-state index is 13.0. The molecule has 0 radical (unpaired) electrons. The quantitative estimate of drug-likeness (QED) is 0.779. The average molecular weight is 390 g/mol. The van der Waals surface area contributed by atoms with Crippen molar-refractivity contribution in [3.05, 3.63) is 34.2 Å².